The first-order valence-electron chi connectivity index (χ1n) is 9.77. The fourth-order valence-electron chi connectivity index (χ4n) is 3.05. The molecular formula is C23H23ClN2O5. The Hall–Kier alpha value is -3.32. The van der Waals surface area contributed by atoms with Gasteiger partial charge < -0.3 is 9.47 Å². The van der Waals surface area contributed by atoms with Gasteiger partial charge in [0.15, 0.2) is 11.5 Å². The summed E-state index contributed by atoms with van der Waals surface area (Å²) in [5.41, 5.74) is 1.49. The topological polar surface area (TPSA) is 84.9 Å². The molecule has 31 heavy (non-hydrogen) atoms. The Bertz CT molecular complexity index is 1080. The van der Waals surface area contributed by atoms with Crippen LogP contribution in [0, 0.1) is 6.92 Å². The standard InChI is InChI=1S/C23H23ClN2O5/c1-5-14(3)31-20-18(24)11-15(12-19(20)30-4)10-17-21(27)25-23(29)26(22(17)28)16-8-6-7-13(2)9-16/h6-12,14H,5H2,1-4H3,(H,25,27,29)/b17-10+/t14-/m0/s1. The Kier molecular flexibility index (Phi) is 6.65. The zero-order valence-corrected chi connectivity index (χ0v) is 18.4. The van der Waals surface area contributed by atoms with Crippen molar-refractivity contribution in [1.29, 1.82) is 0 Å². The van der Waals surface area contributed by atoms with E-state index >= 15 is 0 Å². The second-order valence-corrected chi connectivity index (χ2v) is 7.57. The molecule has 2 aromatic carbocycles. The number of nitrogens with zero attached hydrogens (tertiary/aromatic N) is 1. The van der Waals surface area contributed by atoms with Crippen LogP contribution in [0.1, 0.15) is 31.4 Å². The van der Waals surface area contributed by atoms with E-state index in [2.05, 4.69) is 5.32 Å². The van der Waals surface area contributed by atoms with Gasteiger partial charge in [0, 0.05) is 0 Å². The Morgan fingerprint density at radius 2 is 1.94 bits per heavy atom. The highest BCUT2D eigenvalue weighted by Gasteiger charge is 2.36. The highest BCUT2D eigenvalue weighted by Crippen LogP contribution is 2.38. The van der Waals surface area contributed by atoms with Gasteiger partial charge in [0.05, 0.1) is 23.9 Å². The van der Waals surface area contributed by atoms with Gasteiger partial charge in [0.1, 0.15) is 5.57 Å². The van der Waals surface area contributed by atoms with Crippen molar-refractivity contribution in [2.75, 3.05) is 12.0 Å². The average Bonchev–Trinajstić information content (AvgIpc) is 2.72. The number of methoxy groups -OCH3 is 1. The van der Waals surface area contributed by atoms with Crippen LogP contribution in [0.2, 0.25) is 5.02 Å². The lowest BCUT2D eigenvalue weighted by molar-refractivity contribution is -0.122. The van der Waals surface area contributed by atoms with Crippen LogP contribution >= 0.6 is 11.6 Å². The van der Waals surface area contributed by atoms with E-state index < -0.39 is 17.8 Å². The van der Waals surface area contributed by atoms with Crippen molar-refractivity contribution in [3.63, 3.8) is 0 Å². The number of hydrogen-bond acceptors (Lipinski definition) is 5. The highest BCUT2D eigenvalue weighted by molar-refractivity contribution is 6.39. The molecule has 1 aliphatic rings. The summed E-state index contributed by atoms with van der Waals surface area (Å²) in [5.74, 6) is -0.755. The van der Waals surface area contributed by atoms with Crippen LogP contribution in [0.15, 0.2) is 42.0 Å². The maximum absolute atomic E-state index is 13.0. The third-order valence-electron chi connectivity index (χ3n) is 4.82. The average molecular weight is 443 g/mol. The number of amides is 4. The zero-order valence-electron chi connectivity index (χ0n) is 17.7. The van der Waals surface area contributed by atoms with Gasteiger partial charge in [0.25, 0.3) is 11.8 Å². The molecule has 0 unspecified atom stereocenters. The SMILES string of the molecule is CC[C@H](C)Oc1c(Cl)cc(/C=C2\C(=O)NC(=O)N(c3cccc(C)c3)C2=O)cc1OC. The monoisotopic (exact) mass is 442 g/mol. The summed E-state index contributed by atoms with van der Waals surface area (Å²) in [7, 11) is 1.47. The zero-order chi connectivity index (χ0) is 22.7. The Labute approximate surface area is 185 Å². The molecule has 0 saturated carbocycles. The number of nitrogens with one attached hydrogen (secondary N) is 1. The third-order valence-corrected chi connectivity index (χ3v) is 5.10. The number of benzene rings is 2. The Morgan fingerprint density at radius 1 is 1.19 bits per heavy atom. The summed E-state index contributed by atoms with van der Waals surface area (Å²) in [5, 5.41) is 2.49. The second kappa shape index (κ2) is 9.22. The predicted molar refractivity (Wildman–Crippen MR) is 119 cm³/mol. The quantitative estimate of drug-likeness (QED) is 0.526. The summed E-state index contributed by atoms with van der Waals surface area (Å²) in [6, 6.07) is 9.27. The number of urea groups is 1. The maximum Gasteiger partial charge on any atom is 0.335 e. The van der Waals surface area contributed by atoms with E-state index in [1.165, 1.54) is 13.2 Å². The summed E-state index contributed by atoms with van der Waals surface area (Å²) in [4.78, 5) is 38.7. The summed E-state index contributed by atoms with van der Waals surface area (Å²) < 4.78 is 11.2. The van der Waals surface area contributed by atoms with Crippen molar-refractivity contribution >= 4 is 41.2 Å². The van der Waals surface area contributed by atoms with Gasteiger partial charge in [0.2, 0.25) is 0 Å². The van der Waals surface area contributed by atoms with E-state index in [4.69, 9.17) is 21.1 Å². The van der Waals surface area contributed by atoms with Crippen LogP contribution in [0.4, 0.5) is 10.5 Å². The van der Waals surface area contributed by atoms with Crippen LogP contribution in [-0.2, 0) is 9.59 Å². The maximum atomic E-state index is 13.0. The first-order chi connectivity index (χ1) is 14.7. The minimum absolute atomic E-state index is 0.0739. The molecule has 0 aliphatic carbocycles. The number of ether oxygens (including phenoxy) is 2. The fraction of sp³-hybridized carbons (Fsp3) is 0.261. The molecule has 1 atom stereocenters. The number of imide groups is 2. The van der Waals surface area contributed by atoms with Gasteiger partial charge in [-0.1, -0.05) is 30.7 Å². The molecule has 8 heteroatoms. The molecule has 0 spiro atoms. The van der Waals surface area contributed by atoms with Crippen molar-refractivity contribution in [3.8, 4) is 11.5 Å². The largest absolute Gasteiger partial charge is 0.493 e. The molecule has 0 bridgehead atoms. The molecule has 1 aliphatic heterocycles. The molecule has 1 N–H and O–H groups in total. The van der Waals surface area contributed by atoms with Crippen LogP contribution in [-0.4, -0.2) is 31.1 Å². The number of anilines is 1. The lowest BCUT2D eigenvalue weighted by Gasteiger charge is -2.26. The van der Waals surface area contributed by atoms with Crippen molar-refractivity contribution < 1.29 is 23.9 Å². The molecule has 1 heterocycles. The van der Waals surface area contributed by atoms with Gasteiger partial charge in [-0.3, -0.25) is 14.9 Å². The number of aryl methyl sites for hydroxylation is 1. The van der Waals surface area contributed by atoms with Gasteiger partial charge >= 0.3 is 6.03 Å². The van der Waals surface area contributed by atoms with Crippen molar-refractivity contribution in [1.82, 2.24) is 5.32 Å². The number of barbiturate groups is 1. The summed E-state index contributed by atoms with van der Waals surface area (Å²) in [6.07, 6.45) is 2.08. The smallest absolute Gasteiger partial charge is 0.335 e. The van der Waals surface area contributed by atoms with E-state index in [0.29, 0.717) is 22.7 Å². The van der Waals surface area contributed by atoms with Gasteiger partial charge in [-0.2, -0.15) is 0 Å². The Morgan fingerprint density at radius 3 is 2.58 bits per heavy atom. The number of halogens is 1. The number of rotatable bonds is 6. The molecule has 0 aromatic heterocycles. The van der Waals surface area contributed by atoms with E-state index in [1.807, 2.05) is 26.8 Å². The Balaban J connectivity index is 2.01. The molecule has 4 amide bonds. The molecule has 1 saturated heterocycles. The van der Waals surface area contributed by atoms with Gasteiger partial charge in [-0.05, 0) is 61.7 Å². The molecule has 2 aromatic rings. The van der Waals surface area contributed by atoms with Crippen LogP contribution < -0.4 is 19.7 Å². The van der Waals surface area contributed by atoms with Gasteiger partial charge in [-0.25, -0.2) is 9.69 Å². The number of carbonyl (C=O) groups excluding carboxylic acids is 3. The second-order valence-electron chi connectivity index (χ2n) is 7.17. The van der Waals surface area contributed by atoms with Crippen molar-refractivity contribution in [2.45, 2.75) is 33.3 Å². The fourth-order valence-corrected chi connectivity index (χ4v) is 3.31. The number of carbonyl (C=O) groups is 3. The molecule has 7 nitrogen and oxygen atoms in total. The minimum Gasteiger partial charge on any atom is -0.493 e. The predicted octanol–water partition coefficient (Wildman–Crippen LogP) is 4.50. The third kappa shape index (κ3) is 4.72. The highest BCUT2D eigenvalue weighted by atomic mass is 35.5. The molecule has 3 rings (SSSR count). The van der Waals surface area contributed by atoms with E-state index in [9.17, 15) is 14.4 Å². The van der Waals surface area contributed by atoms with Crippen molar-refractivity contribution in [3.05, 3.63) is 58.1 Å². The lowest BCUT2D eigenvalue weighted by atomic mass is 10.1. The summed E-state index contributed by atoms with van der Waals surface area (Å²) >= 11 is 6.39. The molecule has 162 valence electrons. The van der Waals surface area contributed by atoms with Crippen molar-refractivity contribution in [2.24, 2.45) is 0 Å². The van der Waals surface area contributed by atoms with E-state index in [1.54, 1.807) is 30.3 Å². The lowest BCUT2D eigenvalue weighted by Crippen LogP contribution is -2.54. The number of hydrogen-bond donors (Lipinski definition) is 1. The molecule has 0 radical (unpaired) electrons. The molecular weight excluding hydrogens is 420 g/mol. The minimum atomic E-state index is -0.800. The van der Waals surface area contributed by atoms with Crippen LogP contribution in [0.3, 0.4) is 0 Å². The first kappa shape index (κ1) is 22.4. The van der Waals surface area contributed by atoms with E-state index in [0.717, 1.165) is 16.9 Å². The van der Waals surface area contributed by atoms with Gasteiger partial charge in [-0.15, -0.1) is 0 Å². The van der Waals surface area contributed by atoms with Crippen LogP contribution in [0.5, 0.6) is 11.5 Å². The van der Waals surface area contributed by atoms with Crippen LogP contribution in [0.25, 0.3) is 6.08 Å². The molecule has 1 fully saturated rings. The normalized spacial score (nSPS) is 16.4. The van der Waals surface area contributed by atoms with E-state index in [-0.39, 0.29) is 16.7 Å². The summed E-state index contributed by atoms with van der Waals surface area (Å²) in [6.45, 7) is 5.74. The first-order valence-corrected chi connectivity index (χ1v) is 10.1.